The summed E-state index contributed by atoms with van der Waals surface area (Å²) in [5.74, 6) is 0. The van der Waals surface area contributed by atoms with Crippen LogP contribution in [-0.2, 0) is 0 Å². The van der Waals surface area contributed by atoms with Gasteiger partial charge in [-0.1, -0.05) is 39.0 Å². The number of hydrogen-bond acceptors (Lipinski definition) is 1. The van der Waals surface area contributed by atoms with Crippen molar-refractivity contribution < 1.29 is 0 Å². The summed E-state index contributed by atoms with van der Waals surface area (Å²) >= 11 is 5.42. The number of benzene rings is 1. The molecule has 3 heteroatoms. The molecule has 1 unspecified atom stereocenters. The Morgan fingerprint density at radius 1 is 1.24 bits per heavy atom. The van der Waals surface area contributed by atoms with E-state index in [-0.39, 0.29) is 5.41 Å². The van der Waals surface area contributed by atoms with Gasteiger partial charge < -0.3 is 10.2 Å². The third kappa shape index (κ3) is 4.00. The molecule has 0 radical (unpaired) electrons. The maximum absolute atomic E-state index is 5.42. The topological polar surface area (TPSA) is 15.3 Å². The molecule has 0 bridgehead atoms. The minimum Gasteiger partial charge on any atom is -0.349 e. The Morgan fingerprint density at radius 2 is 1.76 bits per heavy atom. The fraction of sp³-hybridized carbons (Fsp3) is 0.500. The summed E-state index contributed by atoms with van der Waals surface area (Å²) < 4.78 is 0. The van der Waals surface area contributed by atoms with Crippen LogP contribution in [0.2, 0.25) is 0 Å². The molecule has 0 aliphatic carbocycles. The van der Waals surface area contributed by atoms with Crippen LogP contribution in [0.1, 0.15) is 27.7 Å². The first-order valence-corrected chi connectivity index (χ1v) is 6.32. The molecule has 1 aromatic carbocycles. The molecule has 0 heterocycles. The van der Waals surface area contributed by atoms with Gasteiger partial charge in [-0.15, -0.1) is 0 Å². The lowest BCUT2D eigenvalue weighted by atomic mass is 9.87. The molecule has 2 nitrogen and oxygen atoms in total. The number of para-hydroxylation sites is 1. The number of thiocarbonyl (C=S) groups is 1. The van der Waals surface area contributed by atoms with Crippen molar-refractivity contribution in [1.29, 1.82) is 0 Å². The number of hydrogen-bond donors (Lipinski definition) is 1. The SMILES string of the molecule is CC(N(C)C(=S)Nc1ccccc1)C(C)(C)C. The summed E-state index contributed by atoms with van der Waals surface area (Å²) in [6, 6.07) is 10.4. The Balaban J connectivity index is 2.65. The Bertz CT molecular complexity index is 368. The van der Waals surface area contributed by atoms with Gasteiger partial charge in [0.25, 0.3) is 0 Å². The van der Waals surface area contributed by atoms with Gasteiger partial charge in [0.2, 0.25) is 0 Å². The van der Waals surface area contributed by atoms with Gasteiger partial charge in [0.05, 0.1) is 0 Å². The Morgan fingerprint density at radius 3 is 2.24 bits per heavy atom. The molecule has 0 spiro atoms. The smallest absolute Gasteiger partial charge is 0.173 e. The van der Waals surface area contributed by atoms with Crippen LogP contribution >= 0.6 is 12.2 Å². The van der Waals surface area contributed by atoms with E-state index in [4.69, 9.17) is 12.2 Å². The zero-order valence-corrected chi connectivity index (χ0v) is 12.1. The molecule has 0 fully saturated rings. The van der Waals surface area contributed by atoms with Crippen LogP contribution in [0.3, 0.4) is 0 Å². The standard InChI is InChI=1S/C14H22N2S/c1-11(14(2,3)4)16(5)13(17)15-12-9-7-6-8-10-12/h6-11H,1-5H3,(H,15,17). The van der Waals surface area contributed by atoms with Gasteiger partial charge in [-0.25, -0.2) is 0 Å². The lowest BCUT2D eigenvalue weighted by Gasteiger charge is -2.37. The molecule has 17 heavy (non-hydrogen) atoms. The maximum Gasteiger partial charge on any atom is 0.173 e. The largest absolute Gasteiger partial charge is 0.349 e. The maximum atomic E-state index is 5.42. The average Bonchev–Trinajstić information content (AvgIpc) is 2.27. The fourth-order valence-corrected chi connectivity index (χ4v) is 1.77. The van der Waals surface area contributed by atoms with Crippen molar-refractivity contribution in [3.8, 4) is 0 Å². The van der Waals surface area contributed by atoms with Crippen molar-refractivity contribution in [2.45, 2.75) is 33.7 Å². The molecule has 1 rings (SSSR count). The highest BCUT2D eigenvalue weighted by Gasteiger charge is 2.25. The highest BCUT2D eigenvalue weighted by atomic mass is 32.1. The first-order valence-electron chi connectivity index (χ1n) is 5.91. The summed E-state index contributed by atoms with van der Waals surface area (Å²) in [6.45, 7) is 8.86. The van der Waals surface area contributed by atoms with E-state index in [1.807, 2.05) is 37.4 Å². The van der Waals surface area contributed by atoms with Crippen molar-refractivity contribution >= 4 is 23.0 Å². The quantitative estimate of drug-likeness (QED) is 0.805. The molecule has 0 aliphatic heterocycles. The van der Waals surface area contributed by atoms with E-state index >= 15 is 0 Å². The van der Waals surface area contributed by atoms with Crippen molar-refractivity contribution in [3.05, 3.63) is 30.3 Å². The molecule has 0 amide bonds. The molecule has 1 aromatic rings. The average molecular weight is 250 g/mol. The van der Waals surface area contributed by atoms with Crippen LogP contribution in [0.25, 0.3) is 0 Å². The van der Waals surface area contributed by atoms with Crippen LogP contribution in [0, 0.1) is 5.41 Å². The molecule has 0 aromatic heterocycles. The third-order valence-corrected chi connectivity index (χ3v) is 3.57. The van der Waals surface area contributed by atoms with E-state index in [1.165, 1.54) is 0 Å². The highest BCUT2D eigenvalue weighted by molar-refractivity contribution is 7.80. The lowest BCUT2D eigenvalue weighted by Crippen LogP contribution is -2.44. The molecule has 1 atom stereocenters. The summed E-state index contributed by atoms with van der Waals surface area (Å²) in [6.07, 6.45) is 0. The van der Waals surface area contributed by atoms with Crippen LogP contribution in [0.5, 0.6) is 0 Å². The van der Waals surface area contributed by atoms with E-state index in [0.29, 0.717) is 6.04 Å². The van der Waals surface area contributed by atoms with Gasteiger partial charge in [-0.2, -0.15) is 0 Å². The first-order chi connectivity index (χ1) is 7.82. The molecule has 94 valence electrons. The summed E-state index contributed by atoms with van der Waals surface area (Å²) in [5, 5.41) is 4.01. The fourth-order valence-electron chi connectivity index (χ4n) is 1.49. The van der Waals surface area contributed by atoms with Crippen LogP contribution < -0.4 is 5.32 Å². The van der Waals surface area contributed by atoms with Gasteiger partial charge in [0, 0.05) is 18.8 Å². The van der Waals surface area contributed by atoms with E-state index in [1.54, 1.807) is 0 Å². The van der Waals surface area contributed by atoms with E-state index < -0.39 is 0 Å². The molecule has 0 aliphatic rings. The van der Waals surface area contributed by atoms with Crippen molar-refractivity contribution in [2.24, 2.45) is 5.41 Å². The summed E-state index contributed by atoms with van der Waals surface area (Å²) in [7, 11) is 2.04. The van der Waals surface area contributed by atoms with Gasteiger partial charge in [0.15, 0.2) is 5.11 Å². The van der Waals surface area contributed by atoms with E-state index in [9.17, 15) is 0 Å². The van der Waals surface area contributed by atoms with Crippen LogP contribution in [-0.4, -0.2) is 23.1 Å². The second kappa shape index (κ2) is 5.50. The minimum atomic E-state index is 0.206. The van der Waals surface area contributed by atoms with Gasteiger partial charge in [0.1, 0.15) is 0 Å². The molecule has 0 saturated heterocycles. The van der Waals surface area contributed by atoms with Crippen LogP contribution in [0.15, 0.2) is 30.3 Å². The predicted octanol–water partition coefficient (Wildman–Crippen LogP) is 3.75. The Hall–Kier alpha value is -1.09. The first kappa shape index (κ1) is 14.0. The van der Waals surface area contributed by atoms with Crippen molar-refractivity contribution in [2.75, 3.05) is 12.4 Å². The Kier molecular flexibility index (Phi) is 4.52. The third-order valence-electron chi connectivity index (χ3n) is 3.18. The van der Waals surface area contributed by atoms with Crippen LogP contribution in [0.4, 0.5) is 5.69 Å². The second-order valence-corrected chi connectivity index (χ2v) is 5.84. The molecule has 1 N–H and O–H groups in total. The Labute approximate surface area is 110 Å². The second-order valence-electron chi connectivity index (χ2n) is 5.45. The molecule has 0 saturated carbocycles. The molecular formula is C14H22N2S. The summed E-state index contributed by atoms with van der Waals surface area (Å²) in [5.41, 5.74) is 1.24. The minimum absolute atomic E-state index is 0.206. The van der Waals surface area contributed by atoms with Gasteiger partial charge in [-0.05, 0) is 36.7 Å². The number of nitrogens with one attached hydrogen (secondary N) is 1. The van der Waals surface area contributed by atoms with E-state index in [0.717, 1.165) is 10.8 Å². The number of anilines is 1. The van der Waals surface area contributed by atoms with Gasteiger partial charge in [-0.3, -0.25) is 0 Å². The number of rotatable bonds is 2. The lowest BCUT2D eigenvalue weighted by molar-refractivity contribution is 0.210. The van der Waals surface area contributed by atoms with E-state index in [2.05, 4.69) is 37.9 Å². The zero-order valence-electron chi connectivity index (χ0n) is 11.3. The normalized spacial score (nSPS) is 13.0. The van der Waals surface area contributed by atoms with Crippen molar-refractivity contribution in [1.82, 2.24) is 4.90 Å². The predicted molar refractivity (Wildman–Crippen MR) is 79.3 cm³/mol. The van der Waals surface area contributed by atoms with Gasteiger partial charge >= 0.3 is 0 Å². The van der Waals surface area contributed by atoms with Crippen molar-refractivity contribution in [3.63, 3.8) is 0 Å². The summed E-state index contributed by atoms with van der Waals surface area (Å²) in [4.78, 5) is 2.11. The molecular weight excluding hydrogens is 228 g/mol. The highest BCUT2D eigenvalue weighted by Crippen LogP contribution is 2.23. The number of nitrogens with zero attached hydrogens (tertiary/aromatic N) is 1. The monoisotopic (exact) mass is 250 g/mol. The zero-order chi connectivity index (χ0) is 13.1.